The molecule has 1 aliphatic carbocycles. The number of fused-ring (bicyclic) bond motifs is 1. The standard InChI is InChI=1S/C22H16F2N4O3/c1-28-16-8-7-12(18(11-5-6-11)20(16)31-22(28)30)15-9-26-17(10-25-15)27-21(29)19-13(23)3-2-4-14(19)24/h2-4,7-11H,5-6H2,1H3,(H,26,27,29). The number of halogens is 2. The van der Waals surface area contributed by atoms with Crippen molar-refractivity contribution in [3.05, 3.63) is 76.0 Å². The third-order valence-corrected chi connectivity index (χ3v) is 5.34. The van der Waals surface area contributed by atoms with Gasteiger partial charge in [0.2, 0.25) is 0 Å². The molecule has 7 nitrogen and oxygen atoms in total. The molecule has 0 saturated heterocycles. The van der Waals surface area contributed by atoms with Gasteiger partial charge in [0.15, 0.2) is 11.4 Å². The Morgan fingerprint density at radius 2 is 1.87 bits per heavy atom. The van der Waals surface area contributed by atoms with Crippen LogP contribution in [0.3, 0.4) is 0 Å². The number of rotatable bonds is 4. The summed E-state index contributed by atoms with van der Waals surface area (Å²) < 4.78 is 34.5. The number of hydrogen-bond acceptors (Lipinski definition) is 5. The fourth-order valence-corrected chi connectivity index (χ4v) is 3.64. The minimum atomic E-state index is -0.964. The summed E-state index contributed by atoms with van der Waals surface area (Å²) in [7, 11) is 1.65. The van der Waals surface area contributed by atoms with Crippen LogP contribution in [0.5, 0.6) is 0 Å². The molecular formula is C22H16F2N4O3. The molecule has 156 valence electrons. The number of carbonyl (C=O) groups is 1. The van der Waals surface area contributed by atoms with Gasteiger partial charge >= 0.3 is 5.76 Å². The van der Waals surface area contributed by atoms with Crippen molar-refractivity contribution in [3.8, 4) is 11.3 Å². The van der Waals surface area contributed by atoms with Gasteiger partial charge in [-0.15, -0.1) is 0 Å². The van der Waals surface area contributed by atoms with Crippen molar-refractivity contribution >= 4 is 22.8 Å². The Bertz CT molecular complexity index is 1370. The highest BCUT2D eigenvalue weighted by Crippen LogP contribution is 2.47. The average Bonchev–Trinajstić information content (AvgIpc) is 3.54. The summed E-state index contributed by atoms with van der Waals surface area (Å²) in [4.78, 5) is 32.7. The van der Waals surface area contributed by atoms with Crippen molar-refractivity contribution in [1.82, 2.24) is 14.5 Å². The Balaban J connectivity index is 1.48. The molecule has 0 aliphatic heterocycles. The maximum atomic E-state index is 13.8. The van der Waals surface area contributed by atoms with Crippen LogP contribution in [-0.4, -0.2) is 20.4 Å². The second-order valence-corrected chi connectivity index (χ2v) is 7.41. The molecule has 0 atom stereocenters. The molecule has 2 aromatic heterocycles. The number of benzene rings is 2. The quantitative estimate of drug-likeness (QED) is 0.537. The second-order valence-electron chi connectivity index (χ2n) is 7.41. The van der Waals surface area contributed by atoms with Crippen LogP contribution in [0.1, 0.15) is 34.7 Å². The zero-order valence-corrected chi connectivity index (χ0v) is 16.4. The second kappa shape index (κ2) is 7.12. The van der Waals surface area contributed by atoms with E-state index in [1.807, 2.05) is 6.07 Å². The third kappa shape index (κ3) is 3.27. The summed E-state index contributed by atoms with van der Waals surface area (Å²) in [6.45, 7) is 0. The van der Waals surface area contributed by atoms with Gasteiger partial charge in [0.05, 0.1) is 23.6 Å². The molecule has 9 heteroatoms. The summed E-state index contributed by atoms with van der Waals surface area (Å²) in [6.07, 6.45) is 4.75. The summed E-state index contributed by atoms with van der Waals surface area (Å²) in [5.74, 6) is -2.99. The van der Waals surface area contributed by atoms with Crippen molar-refractivity contribution in [1.29, 1.82) is 0 Å². The van der Waals surface area contributed by atoms with Gasteiger partial charge < -0.3 is 9.73 Å². The molecule has 0 radical (unpaired) electrons. The minimum absolute atomic E-state index is 0.0525. The average molecular weight is 422 g/mol. The van der Waals surface area contributed by atoms with Gasteiger partial charge in [0.25, 0.3) is 5.91 Å². The summed E-state index contributed by atoms with van der Waals surface area (Å²) in [5, 5.41) is 2.35. The van der Waals surface area contributed by atoms with Crippen LogP contribution in [0, 0.1) is 11.6 Å². The maximum Gasteiger partial charge on any atom is 0.419 e. The van der Waals surface area contributed by atoms with Crippen LogP contribution in [0.2, 0.25) is 0 Å². The summed E-state index contributed by atoms with van der Waals surface area (Å²) in [6, 6.07) is 6.84. The van der Waals surface area contributed by atoms with Gasteiger partial charge in [-0.05, 0) is 37.0 Å². The molecule has 5 rings (SSSR count). The molecule has 1 fully saturated rings. The highest BCUT2D eigenvalue weighted by molar-refractivity contribution is 6.04. The Morgan fingerprint density at radius 3 is 2.52 bits per heavy atom. The highest BCUT2D eigenvalue weighted by Gasteiger charge is 2.31. The smallest absolute Gasteiger partial charge is 0.407 e. The van der Waals surface area contributed by atoms with E-state index in [1.54, 1.807) is 13.1 Å². The number of aromatic nitrogens is 3. The van der Waals surface area contributed by atoms with Crippen molar-refractivity contribution in [3.63, 3.8) is 0 Å². The van der Waals surface area contributed by atoms with E-state index < -0.39 is 28.9 Å². The van der Waals surface area contributed by atoms with Gasteiger partial charge in [0, 0.05) is 18.2 Å². The Hall–Kier alpha value is -3.88. The van der Waals surface area contributed by atoms with Gasteiger partial charge in [0.1, 0.15) is 17.2 Å². The predicted octanol–water partition coefficient (Wildman–Crippen LogP) is 4.00. The lowest BCUT2D eigenvalue weighted by Crippen LogP contribution is -2.16. The zero-order valence-electron chi connectivity index (χ0n) is 16.4. The third-order valence-electron chi connectivity index (χ3n) is 5.34. The molecule has 2 heterocycles. The number of anilines is 1. The van der Waals surface area contributed by atoms with Crippen molar-refractivity contribution in [2.24, 2.45) is 7.05 Å². The molecule has 1 N–H and O–H groups in total. The lowest BCUT2D eigenvalue weighted by atomic mass is 9.99. The SMILES string of the molecule is Cn1c(=O)oc2c(C3CC3)c(-c3cnc(NC(=O)c4c(F)cccc4F)cn3)ccc21. The van der Waals surface area contributed by atoms with Crippen LogP contribution in [0.15, 0.2) is 51.9 Å². The van der Waals surface area contributed by atoms with Gasteiger partial charge in [-0.25, -0.2) is 18.6 Å². The van der Waals surface area contributed by atoms with E-state index in [-0.39, 0.29) is 11.7 Å². The normalized spacial score (nSPS) is 13.5. The van der Waals surface area contributed by atoms with E-state index in [9.17, 15) is 18.4 Å². The van der Waals surface area contributed by atoms with E-state index in [0.717, 1.165) is 36.1 Å². The number of nitrogens with one attached hydrogen (secondary N) is 1. The molecule has 0 bridgehead atoms. The van der Waals surface area contributed by atoms with Gasteiger partial charge in [-0.1, -0.05) is 12.1 Å². The van der Waals surface area contributed by atoms with Crippen molar-refractivity contribution in [2.45, 2.75) is 18.8 Å². The molecule has 1 amide bonds. The topological polar surface area (TPSA) is 90.0 Å². The first-order chi connectivity index (χ1) is 14.9. The zero-order chi connectivity index (χ0) is 21.7. The largest absolute Gasteiger partial charge is 0.419 e. The summed E-state index contributed by atoms with van der Waals surface area (Å²) >= 11 is 0. The van der Waals surface area contributed by atoms with Gasteiger partial charge in [-0.3, -0.25) is 14.3 Å². The first kappa shape index (κ1) is 19.1. The van der Waals surface area contributed by atoms with Crippen molar-refractivity contribution < 1.29 is 18.0 Å². The summed E-state index contributed by atoms with van der Waals surface area (Å²) in [5.41, 5.74) is 2.80. The van der Waals surface area contributed by atoms with E-state index in [1.165, 1.54) is 23.0 Å². The Morgan fingerprint density at radius 1 is 1.13 bits per heavy atom. The van der Waals surface area contributed by atoms with Crippen LogP contribution >= 0.6 is 0 Å². The van der Waals surface area contributed by atoms with Crippen LogP contribution in [-0.2, 0) is 7.05 Å². The lowest BCUT2D eigenvalue weighted by Gasteiger charge is -2.10. The fourth-order valence-electron chi connectivity index (χ4n) is 3.64. The monoisotopic (exact) mass is 422 g/mol. The maximum absolute atomic E-state index is 13.8. The van der Waals surface area contributed by atoms with Gasteiger partial charge in [-0.2, -0.15) is 0 Å². The number of aryl methyl sites for hydroxylation is 1. The molecule has 0 unspecified atom stereocenters. The number of amides is 1. The van der Waals surface area contributed by atoms with E-state index in [0.29, 0.717) is 16.8 Å². The van der Waals surface area contributed by atoms with Crippen LogP contribution < -0.4 is 11.1 Å². The number of hydrogen-bond donors (Lipinski definition) is 1. The highest BCUT2D eigenvalue weighted by atomic mass is 19.1. The molecule has 2 aromatic carbocycles. The van der Waals surface area contributed by atoms with Crippen LogP contribution in [0.4, 0.5) is 14.6 Å². The fraction of sp³-hybridized carbons (Fsp3) is 0.182. The Labute approximate surface area is 174 Å². The molecule has 1 saturated carbocycles. The molecule has 0 spiro atoms. The number of nitrogens with zero attached hydrogens (tertiary/aromatic N) is 3. The Kier molecular flexibility index (Phi) is 4.39. The molecule has 4 aromatic rings. The number of carbonyl (C=O) groups excluding carboxylic acids is 1. The number of oxazole rings is 1. The predicted molar refractivity (Wildman–Crippen MR) is 109 cm³/mol. The first-order valence-electron chi connectivity index (χ1n) is 9.64. The molecule has 31 heavy (non-hydrogen) atoms. The minimum Gasteiger partial charge on any atom is -0.407 e. The van der Waals surface area contributed by atoms with E-state index in [4.69, 9.17) is 4.42 Å². The van der Waals surface area contributed by atoms with E-state index >= 15 is 0 Å². The van der Waals surface area contributed by atoms with Crippen molar-refractivity contribution in [2.75, 3.05) is 5.32 Å². The first-order valence-corrected chi connectivity index (χ1v) is 9.64. The van der Waals surface area contributed by atoms with E-state index in [2.05, 4.69) is 15.3 Å². The molecular weight excluding hydrogens is 406 g/mol. The van der Waals surface area contributed by atoms with Crippen LogP contribution in [0.25, 0.3) is 22.4 Å². The lowest BCUT2D eigenvalue weighted by molar-refractivity contribution is 0.101. The molecule has 1 aliphatic rings.